The first-order valence-corrected chi connectivity index (χ1v) is 20.0. The molecule has 0 aliphatic carbocycles. The summed E-state index contributed by atoms with van der Waals surface area (Å²) < 4.78 is 18.8. The standard InChI is InChI=1S/C48H54N4O6/c1-49-26-14-13-21-41-47(54)52(3)43(48(55)58-33-36-19-11-6-12-20-36)30-40-28-38(23-25-45(40)57-32-35-17-9-5-10-18-35)37-22-24-44(56-31-34-15-7-4-8-16-34)39(27-37)29-42(50-2)46(53)51-41/h4-12,15-20,22-25,27-28,41-43,49-50H,13-14,21,26,29-33H2,1-3H3,(H,51,53)/t41-,42-,43-/m0/s1. The van der Waals surface area contributed by atoms with Crippen LogP contribution < -0.4 is 25.4 Å². The highest BCUT2D eigenvalue weighted by Crippen LogP contribution is 2.33. The van der Waals surface area contributed by atoms with Crippen LogP contribution in [0.1, 0.15) is 47.1 Å². The van der Waals surface area contributed by atoms with Crippen LogP contribution in [0.2, 0.25) is 0 Å². The molecule has 1 heterocycles. The van der Waals surface area contributed by atoms with Gasteiger partial charge in [0.05, 0.1) is 6.04 Å². The van der Waals surface area contributed by atoms with Crippen LogP contribution in [0.25, 0.3) is 11.1 Å². The van der Waals surface area contributed by atoms with Crippen molar-refractivity contribution in [2.75, 3.05) is 27.7 Å². The minimum absolute atomic E-state index is 0.0467. The van der Waals surface area contributed by atoms with E-state index in [0.29, 0.717) is 44.0 Å². The van der Waals surface area contributed by atoms with E-state index in [-0.39, 0.29) is 24.8 Å². The fourth-order valence-electron chi connectivity index (χ4n) is 7.13. The quantitative estimate of drug-likeness (QED) is 0.0800. The number of carbonyl (C=O) groups excluding carboxylic acids is 3. The van der Waals surface area contributed by atoms with E-state index in [9.17, 15) is 14.4 Å². The predicted octanol–water partition coefficient (Wildman–Crippen LogP) is 6.64. The van der Waals surface area contributed by atoms with Crippen LogP contribution in [0.3, 0.4) is 0 Å². The average molecular weight is 783 g/mol. The van der Waals surface area contributed by atoms with E-state index in [1.54, 1.807) is 14.1 Å². The Hall–Kier alpha value is -5.97. The molecular formula is C48H54N4O6. The summed E-state index contributed by atoms with van der Waals surface area (Å²) in [6, 6.07) is 38.6. The highest BCUT2D eigenvalue weighted by molar-refractivity contribution is 5.92. The molecule has 1 aliphatic rings. The molecular weight excluding hydrogens is 729 g/mol. The maximum Gasteiger partial charge on any atom is 0.329 e. The van der Waals surface area contributed by atoms with E-state index in [1.807, 2.05) is 128 Å². The highest BCUT2D eigenvalue weighted by Gasteiger charge is 2.35. The zero-order chi connectivity index (χ0) is 40.7. The van der Waals surface area contributed by atoms with Crippen molar-refractivity contribution in [3.8, 4) is 22.6 Å². The Kier molecular flexibility index (Phi) is 15.1. The van der Waals surface area contributed by atoms with Crippen LogP contribution in [0.5, 0.6) is 11.5 Å². The Morgan fingerprint density at radius 3 is 1.72 bits per heavy atom. The van der Waals surface area contributed by atoms with Crippen LogP contribution in [-0.4, -0.2) is 68.5 Å². The van der Waals surface area contributed by atoms with E-state index in [1.165, 1.54) is 4.90 Å². The lowest BCUT2D eigenvalue weighted by Gasteiger charge is -2.31. The number of nitrogens with zero attached hydrogens (tertiary/aromatic N) is 1. The molecule has 302 valence electrons. The fourth-order valence-corrected chi connectivity index (χ4v) is 7.13. The van der Waals surface area contributed by atoms with E-state index in [2.05, 4.69) is 22.0 Å². The minimum atomic E-state index is -1.03. The minimum Gasteiger partial charge on any atom is -0.489 e. The van der Waals surface area contributed by atoms with Gasteiger partial charge in [0.25, 0.3) is 0 Å². The number of hydrogen-bond acceptors (Lipinski definition) is 8. The summed E-state index contributed by atoms with van der Waals surface area (Å²) in [6.07, 6.45) is 2.29. The zero-order valence-corrected chi connectivity index (χ0v) is 33.6. The molecule has 3 N–H and O–H groups in total. The molecule has 0 unspecified atom stereocenters. The Labute approximate surface area is 341 Å². The smallest absolute Gasteiger partial charge is 0.329 e. The number of ether oxygens (including phenoxy) is 3. The van der Waals surface area contributed by atoms with Crippen LogP contribution in [0.4, 0.5) is 0 Å². The summed E-state index contributed by atoms with van der Waals surface area (Å²) in [7, 11) is 5.24. The fraction of sp³-hybridized carbons (Fsp3) is 0.312. The normalized spacial score (nSPS) is 17.1. The van der Waals surface area contributed by atoms with Crippen molar-refractivity contribution in [2.45, 2.75) is 70.1 Å². The third kappa shape index (κ3) is 11.3. The lowest BCUT2D eigenvalue weighted by atomic mass is 9.95. The van der Waals surface area contributed by atoms with Crippen molar-refractivity contribution >= 4 is 17.8 Å². The molecule has 1 aliphatic heterocycles. The lowest BCUT2D eigenvalue weighted by molar-refractivity contribution is -0.156. The maximum atomic E-state index is 14.6. The number of esters is 1. The van der Waals surface area contributed by atoms with Crippen molar-refractivity contribution in [1.82, 2.24) is 20.9 Å². The van der Waals surface area contributed by atoms with Gasteiger partial charge in [-0.05, 0) is 103 Å². The maximum absolute atomic E-state index is 14.6. The molecule has 0 saturated carbocycles. The Bertz CT molecular complexity index is 2100. The Balaban J connectivity index is 1.43. The van der Waals surface area contributed by atoms with Gasteiger partial charge in [-0.1, -0.05) is 103 Å². The summed E-state index contributed by atoms with van der Waals surface area (Å²) in [6.45, 7) is 1.49. The first-order valence-electron chi connectivity index (χ1n) is 20.0. The molecule has 0 spiro atoms. The van der Waals surface area contributed by atoms with Gasteiger partial charge in [0, 0.05) is 19.9 Å². The largest absolute Gasteiger partial charge is 0.489 e. The van der Waals surface area contributed by atoms with Crippen LogP contribution in [0.15, 0.2) is 127 Å². The molecule has 4 bridgehead atoms. The van der Waals surface area contributed by atoms with Crippen LogP contribution in [0, 0.1) is 0 Å². The number of rotatable bonds is 15. The van der Waals surface area contributed by atoms with E-state index in [4.69, 9.17) is 14.2 Å². The summed E-state index contributed by atoms with van der Waals surface area (Å²) in [5, 5.41) is 9.41. The molecule has 0 saturated heterocycles. The van der Waals surface area contributed by atoms with Gasteiger partial charge in [-0.25, -0.2) is 4.79 Å². The number of carbonyl (C=O) groups is 3. The van der Waals surface area contributed by atoms with Gasteiger partial charge >= 0.3 is 5.97 Å². The van der Waals surface area contributed by atoms with E-state index in [0.717, 1.165) is 51.9 Å². The van der Waals surface area contributed by atoms with Crippen LogP contribution in [-0.2, 0) is 51.8 Å². The van der Waals surface area contributed by atoms with Crippen LogP contribution >= 0.6 is 0 Å². The second-order valence-electron chi connectivity index (χ2n) is 14.7. The summed E-state index contributed by atoms with van der Waals surface area (Å²) in [4.78, 5) is 44.5. The number of unbranched alkanes of at least 4 members (excludes halogenated alkanes) is 1. The van der Waals surface area contributed by atoms with Gasteiger partial charge in [-0.2, -0.15) is 0 Å². The number of amides is 2. The van der Waals surface area contributed by atoms with Gasteiger partial charge in [0.2, 0.25) is 11.8 Å². The summed E-state index contributed by atoms with van der Waals surface area (Å²) >= 11 is 0. The Morgan fingerprint density at radius 1 is 0.690 bits per heavy atom. The van der Waals surface area contributed by atoms with Gasteiger partial charge in [0.15, 0.2) is 0 Å². The summed E-state index contributed by atoms with van der Waals surface area (Å²) in [5.74, 6) is -0.00134. The number of likely N-dealkylation sites (N-methyl/N-ethyl adjacent to an activating group) is 2. The van der Waals surface area contributed by atoms with Gasteiger partial charge in [0.1, 0.15) is 43.4 Å². The first-order chi connectivity index (χ1) is 28.3. The molecule has 3 atom stereocenters. The zero-order valence-electron chi connectivity index (χ0n) is 33.6. The number of hydrogen-bond donors (Lipinski definition) is 3. The van der Waals surface area contributed by atoms with Gasteiger partial charge < -0.3 is 35.1 Å². The molecule has 58 heavy (non-hydrogen) atoms. The topological polar surface area (TPSA) is 118 Å². The van der Waals surface area contributed by atoms with Crippen molar-refractivity contribution in [3.63, 3.8) is 0 Å². The molecule has 0 aromatic heterocycles. The molecule has 2 amide bonds. The molecule has 10 heteroatoms. The first kappa shape index (κ1) is 41.7. The van der Waals surface area contributed by atoms with Crippen molar-refractivity contribution in [1.29, 1.82) is 0 Å². The molecule has 10 nitrogen and oxygen atoms in total. The number of fused-ring (bicyclic) bond motifs is 5. The SMILES string of the molecule is CNCCCC[C@@H]1NC(=O)[C@@H](NC)Cc2cc(ccc2OCc2ccccc2)-c2ccc(OCc3ccccc3)c(c2)C[C@@H](C(=O)OCc2ccccc2)N(C)C1=O. The average Bonchev–Trinajstić information content (AvgIpc) is 3.26. The third-order valence-electron chi connectivity index (χ3n) is 10.5. The number of benzene rings is 5. The monoisotopic (exact) mass is 782 g/mol. The highest BCUT2D eigenvalue weighted by atomic mass is 16.5. The Morgan fingerprint density at radius 2 is 1.21 bits per heavy atom. The third-order valence-corrected chi connectivity index (χ3v) is 10.5. The molecule has 5 aromatic rings. The van der Waals surface area contributed by atoms with Crippen molar-refractivity contribution in [2.24, 2.45) is 0 Å². The second kappa shape index (κ2) is 21.0. The lowest BCUT2D eigenvalue weighted by Crippen LogP contribution is -2.56. The molecule has 6 rings (SSSR count). The van der Waals surface area contributed by atoms with Gasteiger partial charge in [-0.3, -0.25) is 9.59 Å². The predicted molar refractivity (Wildman–Crippen MR) is 226 cm³/mol. The van der Waals surface area contributed by atoms with Crippen molar-refractivity contribution < 1.29 is 28.6 Å². The number of nitrogens with one attached hydrogen (secondary N) is 3. The molecule has 0 fully saturated rings. The van der Waals surface area contributed by atoms with E-state index >= 15 is 0 Å². The summed E-state index contributed by atoms with van der Waals surface area (Å²) in [5.41, 5.74) is 6.20. The van der Waals surface area contributed by atoms with Gasteiger partial charge in [-0.15, -0.1) is 0 Å². The molecule has 5 aromatic carbocycles. The van der Waals surface area contributed by atoms with Crippen molar-refractivity contribution in [3.05, 3.63) is 155 Å². The van der Waals surface area contributed by atoms with E-state index < -0.39 is 24.1 Å². The molecule has 0 radical (unpaired) electrons. The second-order valence-corrected chi connectivity index (χ2v) is 14.7.